The van der Waals surface area contributed by atoms with Crippen LogP contribution in [0.5, 0.6) is 11.6 Å². The fourth-order valence-electron chi connectivity index (χ4n) is 1.30. The van der Waals surface area contributed by atoms with Gasteiger partial charge in [-0.25, -0.2) is 4.98 Å². The van der Waals surface area contributed by atoms with Crippen molar-refractivity contribution in [2.24, 2.45) is 0 Å². The fraction of sp³-hybridized carbons (Fsp3) is 0.167. The minimum absolute atomic E-state index is 0.369. The largest absolute Gasteiger partial charge is 0.439 e. The Bertz CT molecular complexity index is 532. The van der Waals surface area contributed by atoms with Crippen LogP contribution in [0.4, 0.5) is 0 Å². The molecule has 2 rings (SSSR count). The number of benzene rings is 1. The summed E-state index contributed by atoms with van der Waals surface area (Å²) in [6.45, 7) is 1.95. The zero-order valence-electron chi connectivity index (χ0n) is 9.15. The Balaban J connectivity index is 2.26. The Morgan fingerprint density at radius 1 is 1.18 bits per heavy atom. The summed E-state index contributed by atoms with van der Waals surface area (Å²) in [5.41, 5.74) is 0. The van der Waals surface area contributed by atoms with Crippen LogP contribution >= 0.6 is 23.2 Å². The topological polar surface area (TPSA) is 35.0 Å². The van der Waals surface area contributed by atoms with Crippen molar-refractivity contribution in [2.75, 3.05) is 0 Å². The van der Waals surface area contributed by atoms with Crippen molar-refractivity contribution in [2.45, 2.75) is 13.3 Å². The molecule has 0 unspecified atom stereocenters. The number of hydrogen-bond acceptors (Lipinski definition) is 3. The number of nitrogens with zero attached hydrogens (tertiary/aromatic N) is 2. The van der Waals surface area contributed by atoms with Crippen molar-refractivity contribution >= 4 is 23.2 Å². The maximum Gasteiger partial charge on any atom is 0.224 e. The van der Waals surface area contributed by atoms with Crippen molar-refractivity contribution in [1.82, 2.24) is 9.97 Å². The average Bonchev–Trinajstić information content (AvgIpc) is 2.28. The normalized spacial score (nSPS) is 10.3. The number of rotatable bonds is 3. The van der Waals surface area contributed by atoms with Gasteiger partial charge in [-0.1, -0.05) is 36.2 Å². The minimum atomic E-state index is 0.369. The van der Waals surface area contributed by atoms with Gasteiger partial charge in [0.15, 0.2) is 0 Å². The van der Waals surface area contributed by atoms with Crippen LogP contribution in [0.3, 0.4) is 0 Å². The lowest BCUT2D eigenvalue weighted by molar-refractivity contribution is 0.459. The number of ether oxygens (including phenoxy) is 1. The molecule has 0 spiro atoms. The Morgan fingerprint density at radius 3 is 2.71 bits per heavy atom. The van der Waals surface area contributed by atoms with Gasteiger partial charge in [-0.05, 0) is 18.2 Å². The molecule has 0 atom stereocenters. The minimum Gasteiger partial charge on any atom is -0.439 e. The molecule has 0 radical (unpaired) electrons. The van der Waals surface area contributed by atoms with Crippen LogP contribution in [0.1, 0.15) is 12.7 Å². The highest BCUT2D eigenvalue weighted by Crippen LogP contribution is 2.24. The zero-order valence-corrected chi connectivity index (χ0v) is 10.7. The predicted molar refractivity (Wildman–Crippen MR) is 67.9 cm³/mol. The number of hydrogen-bond donors (Lipinski definition) is 0. The Kier molecular flexibility index (Phi) is 3.82. The molecule has 88 valence electrons. The molecule has 0 aliphatic heterocycles. The van der Waals surface area contributed by atoms with E-state index >= 15 is 0 Å². The van der Waals surface area contributed by atoms with Crippen LogP contribution in [0, 0.1) is 0 Å². The first kappa shape index (κ1) is 12.1. The summed E-state index contributed by atoms with van der Waals surface area (Å²) in [7, 11) is 0. The summed E-state index contributed by atoms with van der Waals surface area (Å²) in [6, 6.07) is 8.67. The molecule has 1 aromatic heterocycles. The van der Waals surface area contributed by atoms with E-state index in [0.29, 0.717) is 34.1 Å². The van der Waals surface area contributed by atoms with E-state index in [0.717, 1.165) is 0 Å². The second-order valence-corrected chi connectivity index (χ2v) is 4.18. The van der Waals surface area contributed by atoms with Gasteiger partial charge in [0.25, 0.3) is 0 Å². The van der Waals surface area contributed by atoms with E-state index in [9.17, 15) is 0 Å². The first-order chi connectivity index (χ1) is 8.17. The van der Waals surface area contributed by atoms with E-state index in [4.69, 9.17) is 27.9 Å². The standard InChI is InChI=1S/C12H10Cl2N2O/c1-2-11-15-10(14)7-12(16-11)17-9-5-3-4-8(13)6-9/h3-7H,2H2,1H3. The van der Waals surface area contributed by atoms with Crippen LogP contribution in [0.25, 0.3) is 0 Å². The maximum atomic E-state index is 5.87. The van der Waals surface area contributed by atoms with Gasteiger partial charge >= 0.3 is 0 Å². The van der Waals surface area contributed by atoms with E-state index in [1.54, 1.807) is 30.3 Å². The van der Waals surface area contributed by atoms with Crippen molar-refractivity contribution in [3.63, 3.8) is 0 Å². The molecular weight excluding hydrogens is 259 g/mol. The molecule has 1 aromatic carbocycles. The third kappa shape index (κ3) is 3.32. The molecular formula is C12H10Cl2N2O. The highest BCUT2D eigenvalue weighted by atomic mass is 35.5. The van der Waals surface area contributed by atoms with Crippen LogP contribution in [0.15, 0.2) is 30.3 Å². The van der Waals surface area contributed by atoms with E-state index < -0.39 is 0 Å². The van der Waals surface area contributed by atoms with Gasteiger partial charge in [-0.3, -0.25) is 0 Å². The molecule has 0 saturated heterocycles. The molecule has 0 aliphatic rings. The van der Waals surface area contributed by atoms with Gasteiger partial charge in [0.2, 0.25) is 5.88 Å². The first-order valence-corrected chi connectivity index (χ1v) is 5.90. The number of aromatic nitrogens is 2. The average molecular weight is 269 g/mol. The van der Waals surface area contributed by atoms with Gasteiger partial charge in [0.1, 0.15) is 16.7 Å². The van der Waals surface area contributed by atoms with Gasteiger partial charge in [0, 0.05) is 17.5 Å². The van der Waals surface area contributed by atoms with Crippen molar-refractivity contribution in [3.05, 3.63) is 46.3 Å². The Morgan fingerprint density at radius 2 is 2.00 bits per heavy atom. The molecule has 5 heteroatoms. The van der Waals surface area contributed by atoms with E-state index in [1.165, 1.54) is 0 Å². The van der Waals surface area contributed by atoms with Crippen LogP contribution < -0.4 is 4.74 Å². The Labute approximate surface area is 109 Å². The monoisotopic (exact) mass is 268 g/mol. The van der Waals surface area contributed by atoms with E-state index in [-0.39, 0.29) is 0 Å². The molecule has 2 aromatic rings. The summed E-state index contributed by atoms with van der Waals surface area (Å²) in [5.74, 6) is 1.69. The van der Waals surface area contributed by atoms with E-state index in [2.05, 4.69) is 9.97 Å². The SMILES string of the molecule is CCc1nc(Cl)cc(Oc2cccc(Cl)c2)n1. The molecule has 0 saturated carbocycles. The lowest BCUT2D eigenvalue weighted by Gasteiger charge is -2.06. The van der Waals surface area contributed by atoms with Crippen LogP contribution in [-0.4, -0.2) is 9.97 Å². The molecule has 0 bridgehead atoms. The highest BCUT2D eigenvalue weighted by molar-refractivity contribution is 6.30. The summed E-state index contributed by atoms with van der Waals surface area (Å²) in [5, 5.41) is 0.979. The number of aryl methyl sites for hydroxylation is 1. The van der Waals surface area contributed by atoms with Gasteiger partial charge in [-0.2, -0.15) is 4.98 Å². The Hall–Kier alpha value is -1.32. The fourth-order valence-corrected chi connectivity index (χ4v) is 1.67. The van der Waals surface area contributed by atoms with Gasteiger partial charge in [-0.15, -0.1) is 0 Å². The summed E-state index contributed by atoms with van der Waals surface area (Å²) < 4.78 is 5.56. The predicted octanol–water partition coefficient (Wildman–Crippen LogP) is 4.14. The van der Waals surface area contributed by atoms with E-state index in [1.807, 2.05) is 6.92 Å². The van der Waals surface area contributed by atoms with Crippen molar-refractivity contribution in [1.29, 1.82) is 0 Å². The lowest BCUT2D eigenvalue weighted by Crippen LogP contribution is -1.96. The third-order valence-electron chi connectivity index (χ3n) is 2.05. The summed E-state index contributed by atoms with van der Waals surface area (Å²) >= 11 is 11.7. The summed E-state index contributed by atoms with van der Waals surface area (Å²) in [6.07, 6.45) is 0.701. The second kappa shape index (κ2) is 5.34. The van der Waals surface area contributed by atoms with Crippen LogP contribution in [-0.2, 0) is 6.42 Å². The van der Waals surface area contributed by atoms with Crippen molar-refractivity contribution < 1.29 is 4.74 Å². The molecule has 0 amide bonds. The first-order valence-electron chi connectivity index (χ1n) is 5.14. The molecule has 3 nitrogen and oxygen atoms in total. The van der Waals surface area contributed by atoms with Crippen molar-refractivity contribution in [3.8, 4) is 11.6 Å². The third-order valence-corrected chi connectivity index (χ3v) is 2.48. The maximum absolute atomic E-state index is 5.87. The molecule has 0 fully saturated rings. The number of halogens is 2. The molecule has 0 aliphatic carbocycles. The van der Waals surface area contributed by atoms with Crippen LogP contribution in [0.2, 0.25) is 10.2 Å². The van der Waals surface area contributed by atoms with Gasteiger partial charge < -0.3 is 4.74 Å². The molecule has 1 heterocycles. The zero-order chi connectivity index (χ0) is 12.3. The second-order valence-electron chi connectivity index (χ2n) is 3.36. The quantitative estimate of drug-likeness (QED) is 0.785. The molecule has 17 heavy (non-hydrogen) atoms. The smallest absolute Gasteiger partial charge is 0.224 e. The molecule has 0 N–H and O–H groups in total. The summed E-state index contributed by atoms with van der Waals surface area (Å²) in [4.78, 5) is 8.28. The highest BCUT2D eigenvalue weighted by Gasteiger charge is 2.04. The van der Waals surface area contributed by atoms with Gasteiger partial charge in [0.05, 0.1) is 0 Å². The lowest BCUT2D eigenvalue weighted by atomic mass is 10.3.